The Bertz CT molecular complexity index is 1810. The quantitative estimate of drug-likeness (QED) is 0.0707. The summed E-state index contributed by atoms with van der Waals surface area (Å²) in [5.74, 6) is -10.3. The fourth-order valence-electron chi connectivity index (χ4n) is 6.94. The second kappa shape index (κ2) is 55.1. The van der Waals surface area contributed by atoms with Crippen LogP contribution in [-0.4, -0.2) is 67.9 Å². The van der Waals surface area contributed by atoms with Gasteiger partial charge in [-0.3, -0.25) is 0 Å². The van der Waals surface area contributed by atoms with Crippen molar-refractivity contribution in [3.63, 3.8) is 0 Å². The predicted octanol–water partition coefficient (Wildman–Crippen LogP) is 33.6. The molecule has 0 radical (unpaired) electrons. The zero-order valence-electron chi connectivity index (χ0n) is 64.2. The van der Waals surface area contributed by atoms with Crippen molar-refractivity contribution in [1.29, 1.82) is 0 Å². The van der Waals surface area contributed by atoms with Gasteiger partial charge in [0.05, 0.1) is 22.7 Å². The number of alkyl halides is 33. The Morgan fingerprint density at radius 3 is 0.824 bits per heavy atom. The van der Waals surface area contributed by atoms with E-state index < -0.39 is 140 Å². The van der Waals surface area contributed by atoms with E-state index in [-0.39, 0.29) is 49.4 Å². The number of hydrogen-bond acceptors (Lipinski definition) is 0. The Balaban J connectivity index is -0.000000116. The molecule has 0 bridgehead atoms. The van der Waals surface area contributed by atoms with E-state index in [1.807, 2.05) is 20.8 Å². The molecule has 0 amide bonds. The maximum atomic E-state index is 12.1. The third-order valence-corrected chi connectivity index (χ3v) is 15.9. The number of unbranched alkanes of at least 4 members (excludes halogenated alkanes) is 5. The van der Waals surface area contributed by atoms with E-state index in [4.69, 9.17) is 0 Å². The molecule has 0 aromatic rings. The van der Waals surface area contributed by atoms with Crippen LogP contribution in [0.3, 0.4) is 0 Å². The van der Waals surface area contributed by atoms with Crippen molar-refractivity contribution in [2.45, 2.75) is 375 Å². The molecule has 0 rings (SSSR count). The number of rotatable bonds is 23. The molecule has 102 heavy (non-hydrogen) atoms. The summed E-state index contributed by atoms with van der Waals surface area (Å²) in [4.78, 5) is 0. The van der Waals surface area contributed by atoms with E-state index >= 15 is 0 Å². The average Bonchev–Trinajstić information content (AvgIpc) is 0.846. The van der Waals surface area contributed by atoms with Gasteiger partial charge in [-0.1, -0.05) is 256 Å². The third kappa shape index (κ3) is 80.2. The van der Waals surface area contributed by atoms with Crippen molar-refractivity contribution >= 4 is 0 Å². The maximum absolute atomic E-state index is 12.1. The molecule has 0 heterocycles. The van der Waals surface area contributed by atoms with E-state index in [9.17, 15) is 145 Å². The number of hydrogen-bond donors (Lipinski definition) is 0. The first kappa shape index (κ1) is 121. The molecular weight excluding hydrogens is 1460 g/mol. The van der Waals surface area contributed by atoms with Crippen LogP contribution in [0.4, 0.5) is 145 Å². The lowest BCUT2D eigenvalue weighted by molar-refractivity contribution is -0.288. The zero-order chi connectivity index (χ0) is 84.8. The van der Waals surface area contributed by atoms with Crippen molar-refractivity contribution in [1.82, 2.24) is 0 Å². The summed E-state index contributed by atoms with van der Waals surface area (Å²) in [5.41, 5.74) is -2.53. The monoisotopic (exact) mass is 1580 g/mol. The van der Waals surface area contributed by atoms with Gasteiger partial charge in [0.1, 0.15) is 0 Å². The van der Waals surface area contributed by atoms with Gasteiger partial charge in [0.15, 0.2) is 11.8 Å². The molecule has 4 atom stereocenters. The molecule has 1 unspecified atom stereocenters. The standard InChI is InChI=1S/2C7H10F6.7C7H13F3.C6H14/c1-4(2)3-5(6(8,9)10)7(11,12)13;1-2-3-4-5(6(8,9)10)7(11,12)13;1-5(2)6(3,4)7(8,9)10;1-4-5-6(2,3)7(8,9)10;1-4-5(2)6(3)7(8,9)10;1-3-4-6(2)5-7(8,9)10;1-3-4-5-6(2)7(8,9)10;1-3-6(4-2)5-7(8,9)10;1-2-3-4-5-6-7(8,9)10;1-5-6(2,3)4/h4-5H,3H2,1-2H3;5H,2-4H2,1H3;5H,1-4H3;4-5H2,1-3H3;5-6H,4H2,1-3H3;3*6H,3-5H2,1-2H3;2-6H2,1H3;5H2,1-4H3/t;;;;5-,6?;2*6-;;;/m....000.../s1. The average molecular weight is 1580 g/mol. The summed E-state index contributed by atoms with van der Waals surface area (Å²) < 4.78 is 390. The molecule has 0 fully saturated rings. The molecule has 0 saturated carbocycles. The predicted molar refractivity (Wildman–Crippen MR) is 343 cm³/mol. The van der Waals surface area contributed by atoms with Gasteiger partial charge in [0, 0.05) is 19.3 Å². The van der Waals surface area contributed by atoms with Crippen molar-refractivity contribution < 1.29 is 145 Å². The fourth-order valence-corrected chi connectivity index (χ4v) is 6.94. The molecule has 0 aliphatic rings. The summed E-state index contributed by atoms with van der Waals surface area (Å²) in [6.45, 7) is 39.8. The highest BCUT2D eigenvalue weighted by Gasteiger charge is 2.57. The minimum absolute atomic E-state index is 0.0658. The van der Waals surface area contributed by atoms with E-state index in [0.29, 0.717) is 56.8 Å². The van der Waals surface area contributed by atoms with Crippen molar-refractivity contribution in [2.75, 3.05) is 0 Å². The molecule has 0 aromatic carbocycles. The molecule has 632 valence electrons. The van der Waals surface area contributed by atoms with E-state index in [1.165, 1.54) is 61.8 Å². The first-order valence-corrected chi connectivity index (χ1v) is 34.4. The van der Waals surface area contributed by atoms with E-state index in [2.05, 4.69) is 27.7 Å². The lowest BCUT2D eigenvalue weighted by Gasteiger charge is -2.31. The maximum Gasteiger partial charge on any atom is 0.400 e. The minimum atomic E-state index is -5.19. The molecule has 33 heteroatoms. The molecule has 0 nitrogen and oxygen atoms in total. The van der Waals surface area contributed by atoms with Gasteiger partial charge in [0.25, 0.3) is 0 Å². The zero-order valence-corrected chi connectivity index (χ0v) is 64.2. The minimum Gasteiger partial charge on any atom is -0.171 e. The van der Waals surface area contributed by atoms with Gasteiger partial charge in [0.2, 0.25) is 0 Å². The highest BCUT2D eigenvalue weighted by atomic mass is 19.5. The molecule has 0 aliphatic carbocycles. The SMILES string of the molecule is CC(C)C(C)(C)C(F)(F)F.CC(C)CC(C(F)(F)F)C(F)(F)F.CCC(C)(C)C.CCC(CC)CC(F)(F)F.CCCC(C)(C)C(F)(F)F.CCCCC(C(F)(F)F)C(F)(F)F.CCCCCCC(F)(F)F.CCCC[C@H](C)C(F)(F)F.CCC[C@H](C)CC(F)(F)F.CC[C@H](C)C(C)C(F)(F)F. The summed E-state index contributed by atoms with van der Waals surface area (Å²) >= 11 is 0. The van der Waals surface area contributed by atoms with Crippen LogP contribution in [0.5, 0.6) is 0 Å². The summed E-state index contributed by atoms with van der Waals surface area (Å²) in [7, 11) is 0. The smallest absolute Gasteiger partial charge is 0.171 e. The Kier molecular flexibility index (Phi) is 65.3. The van der Waals surface area contributed by atoms with Crippen LogP contribution in [0.15, 0.2) is 0 Å². The lowest BCUT2D eigenvalue weighted by atomic mass is 9.81. The van der Waals surface area contributed by atoms with Gasteiger partial charge < -0.3 is 0 Å². The van der Waals surface area contributed by atoms with Crippen LogP contribution in [0.2, 0.25) is 0 Å². The topological polar surface area (TPSA) is 0 Å². The second-order valence-electron chi connectivity index (χ2n) is 28.4. The number of halogens is 33. The van der Waals surface area contributed by atoms with Gasteiger partial charge in [-0.05, 0) is 67.1 Å². The van der Waals surface area contributed by atoms with Gasteiger partial charge in [-0.2, -0.15) is 145 Å². The van der Waals surface area contributed by atoms with Crippen LogP contribution in [0.1, 0.15) is 307 Å². The van der Waals surface area contributed by atoms with Gasteiger partial charge >= 0.3 is 67.9 Å². The highest BCUT2D eigenvalue weighted by Crippen LogP contribution is 2.46. The Hall–Kier alpha value is -2.31. The lowest BCUT2D eigenvalue weighted by Crippen LogP contribution is -2.37. The van der Waals surface area contributed by atoms with Crippen molar-refractivity contribution in [3.8, 4) is 0 Å². The van der Waals surface area contributed by atoms with Crippen LogP contribution in [0, 0.1) is 69.5 Å². The molecule has 0 aliphatic heterocycles. The largest absolute Gasteiger partial charge is 0.400 e. The molecular formula is C69H125F33. The van der Waals surface area contributed by atoms with Crippen molar-refractivity contribution in [3.05, 3.63) is 0 Å². The Morgan fingerprint density at radius 1 is 0.304 bits per heavy atom. The van der Waals surface area contributed by atoms with E-state index in [0.717, 1.165) is 25.7 Å². The summed E-state index contributed by atoms with van der Waals surface area (Å²) in [6.07, 6.45) is -42.2. The molecule has 0 spiro atoms. The Morgan fingerprint density at radius 2 is 0.657 bits per heavy atom. The summed E-state index contributed by atoms with van der Waals surface area (Å²) in [5, 5.41) is 0. The first-order chi connectivity index (χ1) is 44.7. The van der Waals surface area contributed by atoms with E-state index in [1.54, 1.807) is 62.3 Å². The third-order valence-electron chi connectivity index (χ3n) is 15.9. The van der Waals surface area contributed by atoms with Gasteiger partial charge in [-0.25, -0.2) is 0 Å². The van der Waals surface area contributed by atoms with Crippen LogP contribution >= 0.6 is 0 Å². The highest BCUT2D eigenvalue weighted by molar-refractivity contribution is 4.81. The Labute approximate surface area is 588 Å². The van der Waals surface area contributed by atoms with Crippen LogP contribution < -0.4 is 0 Å². The van der Waals surface area contributed by atoms with Crippen LogP contribution in [-0.2, 0) is 0 Å². The molecule has 0 saturated heterocycles. The van der Waals surface area contributed by atoms with Crippen LogP contribution in [0.25, 0.3) is 0 Å². The molecule has 0 aromatic heterocycles. The normalized spacial score (nSPS) is 14.3. The van der Waals surface area contributed by atoms with Crippen molar-refractivity contribution in [2.24, 2.45) is 69.5 Å². The fraction of sp³-hybridized carbons (Fsp3) is 1.00. The first-order valence-electron chi connectivity index (χ1n) is 34.4. The second-order valence-corrected chi connectivity index (χ2v) is 28.4. The summed E-state index contributed by atoms with van der Waals surface area (Å²) in [6, 6.07) is 0. The molecule has 0 N–H and O–H groups in total. The van der Waals surface area contributed by atoms with Gasteiger partial charge in [-0.15, -0.1) is 0 Å².